The van der Waals surface area contributed by atoms with Crippen LogP contribution in [0, 0.1) is 0 Å². The summed E-state index contributed by atoms with van der Waals surface area (Å²) < 4.78 is 7.17. The third-order valence-corrected chi connectivity index (χ3v) is 4.19. The topological polar surface area (TPSA) is 92.0 Å². The number of aryl methyl sites for hydroxylation is 1. The lowest BCUT2D eigenvalue weighted by Gasteiger charge is -2.28. The Hall–Kier alpha value is -2.61. The largest absolute Gasteiger partial charge is 0.468 e. The second-order valence-electron chi connectivity index (χ2n) is 5.55. The molecule has 0 aliphatic carbocycles. The van der Waals surface area contributed by atoms with Crippen molar-refractivity contribution in [2.24, 2.45) is 7.05 Å². The second kappa shape index (κ2) is 6.88. The monoisotopic (exact) mass is 330 g/mol. The number of hydrogen-bond donors (Lipinski definition) is 2. The average molecular weight is 330 g/mol. The molecule has 0 saturated carbocycles. The molecule has 0 bridgehead atoms. The molecule has 0 aromatic carbocycles. The summed E-state index contributed by atoms with van der Waals surface area (Å²) in [6.45, 7) is 6.59. The molecule has 3 heterocycles. The van der Waals surface area contributed by atoms with Gasteiger partial charge in [-0.1, -0.05) is 13.8 Å². The van der Waals surface area contributed by atoms with Crippen LogP contribution in [-0.2, 0) is 7.05 Å². The fraction of sp³-hybridized carbons (Fsp3) is 0.438. The molecule has 1 atom stereocenters. The molecular formula is C16H22N6O2. The van der Waals surface area contributed by atoms with Crippen molar-refractivity contribution < 1.29 is 4.42 Å². The molecule has 8 heteroatoms. The number of hydrogen-bond acceptors (Lipinski definition) is 6. The van der Waals surface area contributed by atoms with Crippen LogP contribution in [0.3, 0.4) is 0 Å². The predicted molar refractivity (Wildman–Crippen MR) is 92.0 cm³/mol. The summed E-state index contributed by atoms with van der Waals surface area (Å²) in [7, 11) is 1.76. The molecule has 3 aromatic rings. The van der Waals surface area contributed by atoms with E-state index in [0.29, 0.717) is 23.5 Å². The van der Waals surface area contributed by atoms with E-state index in [1.165, 1.54) is 6.20 Å². The maximum Gasteiger partial charge on any atom is 0.263 e. The van der Waals surface area contributed by atoms with Crippen LogP contribution in [0.15, 0.2) is 33.8 Å². The van der Waals surface area contributed by atoms with Crippen LogP contribution in [0.1, 0.15) is 25.6 Å². The van der Waals surface area contributed by atoms with Gasteiger partial charge in [0.05, 0.1) is 18.5 Å². The zero-order valence-corrected chi connectivity index (χ0v) is 14.1. The summed E-state index contributed by atoms with van der Waals surface area (Å²) in [5.74, 6) is 1.31. The molecule has 2 N–H and O–H groups in total. The first-order valence-electron chi connectivity index (χ1n) is 8.07. The Bertz CT molecular complexity index is 847. The SMILES string of the molecule is CCN(CC)C(CNc1nc2c(cnn2C)c(=O)[nH]1)c1ccco1. The predicted octanol–water partition coefficient (Wildman–Crippen LogP) is 1.74. The number of aromatic amines is 1. The van der Waals surface area contributed by atoms with E-state index in [-0.39, 0.29) is 11.6 Å². The minimum Gasteiger partial charge on any atom is -0.468 e. The maximum absolute atomic E-state index is 12.1. The number of rotatable bonds is 7. The second-order valence-corrected chi connectivity index (χ2v) is 5.55. The molecule has 3 rings (SSSR count). The molecule has 3 aromatic heterocycles. The van der Waals surface area contributed by atoms with Crippen molar-refractivity contribution >= 4 is 17.0 Å². The van der Waals surface area contributed by atoms with Crippen molar-refractivity contribution in [1.29, 1.82) is 0 Å². The zero-order valence-electron chi connectivity index (χ0n) is 14.1. The van der Waals surface area contributed by atoms with E-state index in [4.69, 9.17) is 4.42 Å². The number of fused-ring (bicyclic) bond motifs is 1. The molecule has 0 aliphatic heterocycles. The van der Waals surface area contributed by atoms with Gasteiger partial charge >= 0.3 is 0 Å². The molecule has 8 nitrogen and oxygen atoms in total. The minimum atomic E-state index is -0.201. The Kier molecular flexibility index (Phi) is 4.66. The number of aromatic nitrogens is 4. The summed E-state index contributed by atoms with van der Waals surface area (Å²) in [4.78, 5) is 21.6. The third-order valence-electron chi connectivity index (χ3n) is 4.19. The fourth-order valence-electron chi connectivity index (χ4n) is 2.86. The maximum atomic E-state index is 12.1. The number of anilines is 1. The Morgan fingerprint density at radius 3 is 2.88 bits per heavy atom. The highest BCUT2D eigenvalue weighted by atomic mass is 16.3. The van der Waals surface area contributed by atoms with Crippen LogP contribution in [0.4, 0.5) is 5.95 Å². The van der Waals surface area contributed by atoms with E-state index < -0.39 is 0 Å². The summed E-state index contributed by atoms with van der Waals surface area (Å²) in [5, 5.41) is 7.78. The molecule has 128 valence electrons. The first kappa shape index (κ1) is 16.3. The van der Waals surface area contributed by atoms with E-state index >= 15 is 0 Å². The number of furan rings is 1. The molecule has 0 aliphatic rings. The first-order valence-corrected chi connectivity index (χ1v) is 8.07. The van der Waals surface area contributed by atoms with Gasteiger partial charge in [0.25, 0.3) is 5.56 Å². The van der Waals surface area contributed by atoms with Crippen molar-refractivity contribution in [2.75, 3.05) is 25.0 Å². The minimum absolute atomic E-state index is 0.0579. The van der Waals surface area contributed by atoms with Crippen molar-refractivity contribution in [1.82, 2.24) is 24.6 Å². The molecule has 0 fully saturated rings. The molecular weight excluding hydrogens is 308 g/mol. The number of nitrogens with one attached hydrogen (secondary N) is 2. The van der Waals surface area contributed by atoms with Gasteiger partial charge in [-0.25, -0.2) is 0 Å². The van der Waals surface area contributed by atoms with Gasteiger partial charge in [-0.3, -0.25) is 19.4 Å². The van der Waals surface area contributed by atoms with E-state index in [1.54, 1.807) is 18.0 Å². The number of likely N-dealkylation sites (N-methyl/N-ethyl adjacent to an activating group) is 1. The van der Waals surface area contributed by atoms with Crippen LogP contribution >= 0.6 is 0 Å². The Morgan fingerprint density at radius 1 is 1.42 bits per heavy atom. The van der Waals surface area contributed by atoms with Gasteiger partial charge < -0.3 is 9.73 Å². The summed E-state index contributed by atoms with van der Waals surface area (Å²) >= 11 is 0. The van der Waals surface area contributed by atoms with Gasteiger partial charge in [0, 0.05) is 13.6 Å². The number of nitrogens with zero attached hydrogens (tertiary/aromatic N) is 4. The van der Waals surface area contributed by atoms with Crippen LogP contribution < -0.4 is 10.9 Å². The lowest BCUT2D eigenvalue weighted by molar-refractivity contribution is 0.201. The van der Waals surface area contributed by atoms with Crippen LogP contribution in [-0.4, -0.2) is 44.3 Å². The Balaban J connectivity index is 1.84. The summed E-state index contributed by atoms with van der Waals surface area (Å²) in [5.41, 5.74) is 0.353. The summed E-state index contributed by atoms with van der Waals surface area (Å²) in [6, 6.07) is 3.90. The van der Waals surface area contributed by atoms with Crippen LogP contribution in [0.25, 0.3) is 11.0 Å². The van der Waals surface area contributed by atoms with E-state index in [0.717, 1.165) is 18.8 Å². The lowest BCUT2D eigenvalue weighted by Crippen LogP contribution is -2.33. The summed E-state index contributed by atoms with van der Waals surface area (Å²) in [6.07, 6.45) is 3.19. The lowest BCUT2D eigenvalue weighted by atomic mass is 10.2. The molecule has 0 spiro atoms. The molecule has 24 heavy (non-hydrogen) atoms. The van der Waals surface area contributed by atoms with Crippen molar-refractivity contribution in [2.45, 2.75) is 19.9 Å². The van der Waals surface area contributed by atoms with Crippen molar-refractivity contribution in [3.8, 4) is 0 Å². The highest BCUT2D eigenvalue weighted by molar-refractivity contribution is 5.74. The van der Waals surface area contributed by atoms with Crippen LogP contribution in [0.5, 0.6) is 0 Å². The van der Waals surface area contributed by atoms with Gasteiger partial charge in [-0.15, -0.1) is 0 Å². The molecule has 0 amide bonds. The van der Waals surface area contributed by atoms with E-state index in [9.17, 15) is 4.79 Å². The van der Waals surface area contributed by atoms with Gasteiger partial charge in [-0.05, 0) is 25.2 Å². The normalized spacial score (nSPS) is 12.8. The van der Waals surface area contributed by atoms with Crippen molar-refractivity contribution in [3.05, 3.63) is 40.7 Å². The quantitative estimate of drug-likeness (QED) is 0.686. The Labute approximate surface area is 139 Å². The zero-order chi connectivity index (χ0) is 17.1. The van der Waals surface area contributed by atoms with Crippen LogP contribution in [0.2, 0.25) is 0 Å². The van der Waals surface area contributed by atoms with Gasteiger partial charge in [-0.2, -0.15) is 10.1 Å². The Morgan fingerprint density at radius 2 is 2.21 bits per heavy atom. The van der Waals surface area contributed by atoms with Gasteiger partial charge in [0.15, 0.2) is 5.65 Å². The fourth-order valence-corrected chi connectivity index (χ4v) is 2.86. The van der Waals surface area contributed by atoms with Gasteiger partial charge in [0.1, 0.15) is 11.1 Å². The highest BCUT2D eigenvalue weighted by Gasteiger charge is 2.21. The van der Waals surface area contributed by atoms with Gasteiger partial charge in [0.2, 0.25) is 5.95 Å². The first-order chi connectivity index (χ1) is 11.6. The molecule has 0 saturated heterocycles. The standard InChI is InChI=1S/C16H22N6O2/c1-4-22(5-2)12(13-7-6-8-24-13)10-17-16-19-14-11(15(23)20-16)9-18-21(14)3/h6-9,12H,4-5,10H2,1-3H3,(H2,17,19,20,23). The average Bonchev–Trinajstić information content (AvgIpc) is 3.22. The number of H-pyrrole nitrogens is 1. The van der Waals surface area contributed by atoms with E-state index in [1.807, 2.05) is 12.1 Å². The smallest absolute Gasteiger partial charge is 0.263 e. The molecule has 1 unspecified atom stereocenters. The van der Waals surface area contributed by atoms with Crippen molar-refractivity contribution in [3.63, 3.8) is 0 Å². The van der Waals surface area contributed by atoms with E-state index in [2.05, 4.69) is 39.1 Å². The third kappa shape index (κ3) is 3.05. The molecule has 0 radical (unpaired) electrons. The highest BCUT2D eigenvalue weighted by Crippen LogP contribution is 2.21.